The highest BCUT2D eigenvalue weighted by atomic mass is 14.9. The van der Waals surface area contributed by atoms with Crippen molar-refractivity contribution in [3.05, 3.63) is 24.4 Å². The quantitative estimate of drug-likeness (QED) is 0.589. The zero-order chi connectivity index (χ0) is 6.69. The molecule has 1 unspecified atom stereocenters. The molecule has 0 aromatic rings. The molecule has 0 aromatic heterocycles. The molecule has 0 saturated heterocycles. The van der Waals surface area contributed by atoms with E-state index in [1.807, 2.05) is 6.08 Å². The van der Waals surface area contributed by atoms with Gasteiger partial charge in [0.15, 0.2) is 0 Å². The van der Waals surface area contributed by atoms with Crippen molar-refractivity contribution >= 4 is 0 Å². The first-order chi connectivity index (χ1) is 4.36. The highest BCUT2D eigenvalue weighted by Crippen LogP contribution is 2.12. The van der Waals surface area contributed by atoms with E-state index in [2.05, 4.69) is 24.9 Å². The van der Waals surface area contributed by atoms with Gasteiger partial charge < -0.3 is 5.32 Å². The molecule has 1 aliphatic rings. The van der Waals surface area contributed by atoms with Gasteiger partial charge in [-0.3, -0.25) is 0 Å². The Labute approximate surface area is 56.5 Å². The van der Waals surface area contributed by atoms with E-state index in [4.69, 9.17) is 0 Å². The normalized spacial score (nSPS) is 25.0. The van der Waals surface area contributed by atoms with E-state index in [1.165, 1.54) is 12.1 Å². The van der Waals surface area contributed by atoms with Gasteiger partial charge in [-0.25, -0.2) is 0 Å². The smallest absolute Gasteiger partial charge is 0.0297 e. The van der Waals surface area contributed by atoms with Gasteiger partial charge in [-0.2, -0.15) is 0 Å². The molecule has 1 heterocycles. The Morgan fingerprint density at radius 3 is 3.11 bits per heavy atom. The summed E-state index contributed by atoms with van der Waals surface area (Å²) in [5, 5.41) is 3.25. The molecule has 0 spiro atoms. The lowest BCUT2D eigenvalue weighted by atomic mass is 10.1. The van der Waals surface area contributed by atoms with E-state index in [0.717, 1.165) is 12.5 Å². The molecule has 1 heteroatoms. The third kappa shape index (κ3) is 1.35. The van der Waals surface area contributed by atoms with Gasteiger partial charge >= 0.3 is 0 Å². The van der Waals surface area contributed by atoms with E-state index in [1.54, 1.807) is 0 Å². The summed E-state index contributed by atoms with van der Waals surface area (Å²) in [5.74, 6) is 0.734. The Bertz CT molecular complexity index is 136. The Balaban J connectivity index is 2.49. The lowest BCUT2D eigenvalue weighted by Gasteiger charge is -1.98. The summed E-state index contributed by atoms with van der Waals surface area (Å²) < 4.78 is 0. The molecule has 0 bridgehead atoms. The number of rotatable bonds is 2. The van der Waals surface area contributed by atoms with Crippen LogP contribution in [0, 0.1) is 5.92 Å². The highest BCUT2D eigenvalue weighted by molar-refractivity contribution is 5.19. The van der Waals surface area contributed by atoms with Crippen LogP contribution in [0.25, 0.3) is 0 Å². The molecule has 1 nitrogen and oxygen atoms in total. The van der Waals surface area contributed by atoms with Gasteiger partial charge in [-0.15, -0.1) is 0 Å². The average molecular weight is 123 g/mol. The third-order valence-electron chi connectivity index (χ3n) is 1.73. The first-order valence-corrected chi connectivity index (χ1v) is 3.45. The van der Waals surface area contributed by atoms with Crippen LogP contribution in [-0.2, 0) is 0 Å². The molecule has 0 saturated carbocycles. The summed E-state index contributed by atoms with van der Waals surface area (Å²) in [7, 11) is 0. The molecule has 9 heavy (non-hydrogen) atoms. The maximum Gasteiger partial charge on any atom is 0.0297 e. The lowest BCUT2D eigenvalue weighted by Crippen LogP contribution is -2.10. The second kappa shape index (κ2) is 2.72. The van der Waals surface area contributed by atoms with Gasteiger partial charge in [0.05, 0.1) is 0 Å². The van der Waals surface area contributed by atoms with Gasteiger partial charge in [0.25, 0.3) is 0 Å². The van der Waals surface area contributed by atoms with E-state index in [0.29, 0.717) is 0 Å². The van der Waals surface area contributed by atoms with Crippen molar-refractivity contribution in [2.45, 2.75) is 13.3 Å². The van der Waals surface area contributed by atoms with Crippen molar-refractivity contribution in [3.63, 3.8) is 0 Å². The van der Waals surface area contributed by atoms with Crippen molar-refractivity contribution < 1.29 is 0 Å². The molecule has 0 amide bonds. The Morgan fingerprint density at radius 1 is 2.00 bits per heavy atom. The minimum Gasteiger partial charge on any atom is -0.385 e. The lowest BCUT2D eigenvalue weighted by molar-refractivity contribution is 0.633. The fourth-order valence-electron chi connectivity index (χ4n) is 1.02. The summed E-state index contributed by atoms with van der Waals surface area (Å²) >= 11 is 0. The van der Waals surface area contributed by atoms with Gasteiger partial charge in [-0.05, 0) is 18.4 Å². The first kappa shape index (κ1) is 6.40. The van der Waals surface area contributed by atoms with Crippen LogP contribution in [0.1, 0.15) is 13.3 Å². The molecule has 1 rings (SSSR count). The van der Waals surface area contributed by atoms with Gasteiger partial charge in [0.1, 0.15) is 0 Å². The van der Waals surface area contributed by atoms with Gasteiger partial charge in [-0.1, -0.05) is 19.6 Å². The zero-order valence-electron chi connectivity index (χ0n) is 5.85. The Hall–Kier alpha value is -0.720. The molecule has 1 aliphatic heterocycles. The average Bonchev–Trinajstić information content (AvgIpc) is 2.34. The molecular formula is C8H13N. The van der Waals surface area contributed by atoms with Gasteiger partial charge in [0.2, 0.25) is 0 Å². The fourth-order valence-corrected chi connectivity index (χ4v) is 1.02. The van der Waals surface area contributed by atoms with Crippen molar-refractivity contribution in [2.75, 3.05) is 6.54 Å². The first-order valence-electron chi connectivity index (χ1n) is 3.45. The maximum absolute atomic E-state index is 3.68. The Kier molecular flexibility index (Phi) is 1.93. The van der Waals surface area contributed by atoms with Crippen LogP contribution in [0.2, 0.25) is 0 Å². The molecule has 1 atom stereocenters. The molecule has 0 aromatic carbocycles. The van der Waals surface area contributed by atoms with Crippen LogP contribution in [0.15, 0.2) is 24.4 Å². The van der Waals surface area contributed by atoms with E-state index >= 15 is 0 Å². The predicted octanol–water partition coefficient (Wildman–Crippen LogP) is 1.69. The van der Waals surface area contributed by atoms with Gasteiger partial charge in [0, 0.05) is 12.2 Å². The standard InChI is InChI=1S/C8H13N/c1-3-7-5-8(4-2)9-6-7/h4-5,7,9H,2-3,6H2,1H3. The highest BCUT2D eigenvalue weighted by Gasteiger charge is 2.09. The van der Waals surface area contributed by atoms with Crippen molar-refractivity contribution in [1.82, 2.24) is 5.32 Å². The van der Waals surface area contributed by atoms with E-state index < -0.39 is 0 Å². The van der Waals surface area contributed by atoms with Crippen molar-refractivity contribution in [2.24, 2.45) is 5.92 Å². The minimum absolute atomic E-state index is 0.734. The summed E-state index contributed by atoms with van der Waals surface area (Å²) in [6.45, 7) is 6.98. The summed E-state index contributed by atoms with van der Waals surface area (Å²) in [6.07, 6.45) is 5.34. The largest absolute Gasteiger partial charge is 0.385 e. The monoisotopic (exact) mass is 123 g/mol. The van der Waals surface area contributed by atoms with Crippen LogP contribution in [0.4, 0.5) is 0 Å². The molecular weight excluding hydrogens is 110 g/mol. The molecule has 50 valence electrons. The van der Waals surface area contributed by atoms with Crippen LogP contribution in [-0.4, -0.2) is 6.54 Å². The topological polar surface area (TPSA) is 12.0 Å². The minimum atomic E-state index is 0.734. The zero-order valence-corrected chi connectivity index (χ0v) is 5.85. The van der Waals surface area contributed by atoms with Crippen molar-refractivity contribution in [3.8, 4) is 0 Å². The Morgan fingerprint density at radius 2 is 2.78 bits per heavy atom. The maximum atomic E-state index is 3.68. The van der Waals surface area contributed by atoms with E-state index in [-0.39, 0.29) is 0 Å². The van der Waals surface area contributed by atoms with E-state index in [9.17, 15) is 0 Å². The summed E-state index contributed by atoms with van der Waals surface area (Å²) in [4.78, 5) is 0. The fraction of sp³-hybridized carbons (Fsp3) is 0.500. The second-order valence-electron chi connectivity index (χ2n) is 2.38. The van der Waals surface area contributed by atoms with Crippen LogP contribution in [0.3, 0.4) is 0 Å². The van der Waals surface area contributed by atoms with Crippen molar-refractivity contribution in [1.29, 1.82) is 0 Å². The molecule has 0 fully saturated rings. The number of hydrogen-bond donors (Lipinski definition) is 1. The summed E-state index contributed by atoms with van der Waals surface area (Å²) in [5.41, 5.74) is 1.20. The molecule has 0 aliphatic carbocycles. The third-order valence-corrected chi connectivity index (χ3v) is 1.73. The number of hydrogen-bond acceptors (Lipinski definition) is 1. The van der Waals surface area contributed by atoms with Crippen LogP contribution >= 0.6 is 0 Å². The number of allylic oxidation sites excluding steroid dienone is 1. The number of nitrogens with one attached hydrogen (secondary N) is 1. The summed E-state index contributed by atoms with van der Waals surface area (Å²) in [6, 6.07) is 0. The second-order valence-corrected chi connectivity index (χ2v) is 2.38. The van der Waals surface area contributed by atoms with Crippen LogP contribution in [0.5, 0.6) is 0 Å². The van der Waals surface area contributed by atoms with Crippen LogP contribution < -0.4 is 5.32 Å². The molecule has 1 N–H and O–H groups in total. The SMILES string of the molecule is C=CC1=CC(CC)CN1. The predicted molar refractivity (Wildman–Crippen MR) is 40.1 cm³/mol. The molecule has 0 radical (unpaired) electrons.